The van der Waals surface area contributed by atoms with E-state index in [4.69, 9.17) is 14.1 Å². The molecule has 4 heterocycles. The molecule has 43 heavy (non-hydrogen) atoms. The van der Waals surface area contributed by atoms with Gasteiger partial charge in [0.05, 0.1) is 0 Å². The van der Waals surface area contributed by atoms with E-state index in [1.54, 1.807) is 18.2 Å². The maximum Gasteiger partial charge on any atom is 0.324 e. The summed E-state index contributed by atoms with van der Waals surface area (Å²) in [5.41, 5.74) is 5.80. The van der Waals surface area contributed by atoms with Crippen molar-refractivity contribution in [3.05, 3.63) is 59.4 Å². The van der Waals surface area contributed by atoms with Crippen LogP contribution < -0.4 is 15.4 Å². The Morgan fingerprint density at radius 1 is 0.953 bits per heavy atom. The van der Waals surface area contributed by atoms with Crippen LogP contribution in [-0.2, 0) is 11.2 Å². The van der Waals surface area contributed by atoms with E-state index in [-0.39, 0.29) is 38.0 Å². The number of amides is 1. The summed E-state index contributed by atoms with van der Waals surface area (Å²) in [5.74, 6) is -1.72. The van der Waals surface area contributed by atoms with Gasteiger partial charge in [-0.05, 0) is 68.2 Å². The smallest absolute Gasteiger partial charge is 0.324 e. The third-order valence-corrected chi connectivity index (χ3v) is 8.24. The molecule has 2 saturated heterocycles. The molecule has 0 bridgehead atoms. The fourth-order valence-corrected chi connectivity index (χ4v) is 5.60. The summed E-state index contributed by atoms with van der Waals surface area (Å²) in [4.78, 5) is 28.1. The topological polar surface area (TPSA) is 115 Å². The molecule has 232 valence electrons. The molecule has 1 spiro atoms. The van der Waals surface area contributed by atoms with Gasteiger partial charge in [0.1, 0.15) is 12.0 Å². The molecular weight excluding hydrogens is 556 g/mol. The number of carbonyl (C=O) groups excluding carboxylic acids is 2. The van der Waals surface area contributed by atoms with Crippen LogP contribution in [0.1, 0.15) is 73.6 Å². The Labute approximate surface area is 251 Å². The number of likely N-dealkylation sites (tertiary alicyclic amines) is 1. The zero-order valence-corrected chi connectivity index (χ0v) is 25.1. The van der Waals surface area contributed by atoms with Gasteiger partial charge in [0.25, 0.3) is 5.92 Å². The number of primary amides is 1. The van der Waals surface area contributed by atoms with Crippen molar-refractivity contribution in [1.82, 2.24) is 15.0 Å². The number of ether oxygens (including phenoxy) is 1. The molecule has 0 unspecified atom stereocenters. The molecular formula is C32H41F2N5O4. The third-order valence-electron chi connectivity index (χ3n) is 8.24. The van der Waals surface area contributed by atoms with Gasteiger partial charge in [0.15, 0.2) is 11.4 Å². The maximum absolute atomic E-state index is 15.5. The molecule has 2 fully saturated rings. The quantitative estimate of drug-likeness (QED) is 0.393. The number of piperidine rings is 1. The molecule has 1 amide bonds. The van der Waals surface area contributed by atoms with E-state index >= 15 is 8.78 Å². The van der Waals surface area contributed by atoms with E-state index in [0.29, 0.717) is 36.2 Å². The van der Waals surface area contributed by atoms with Gasteiger partial charge in [0.2, 0.25) is 6.41 Å². The van der Waals surface area contributed by atoms with Crippen LogP contribution in [0.25, 0.3) is 11.1 Å². The molecule has 0 saturated carbocycles. The Bertz CT molecular complexity index is 1350. The molecule has 11 heteroatoms. The predicted molar refractivity (Wildman–Crippen MR) is 161 cm³/mol. The van der Waals surface area contributed by atoms with E-state index in [2.05, 4.69) is 27.8 Å². The van der Waals surface area contributed by atoms with Crippen molar-refractivity contribution in [2.75, 3.05) is 38.1 Å². The van der Waals surface area contributed by atoms with Crippen LogP contribution in [0.3, 0.4) is 0 Å². The number of nitrogens with two attached hydrogens (primary N) is 1. The molecule has 0 aliphatic carbocycles. The first-order valence-corrected chi connectivity index (χ1v) is 14.8. The van der Waals surface area contributed by atoms with Gasteiger partial charge in [-0.15, -0.1) is 0 Å². The number of carbonyl (C=O) groups is 2. The normalized spacial score (nSPS) is 18.8. The number of hydrogen-bond donors (Lipinski definition) is 1. The molecule has 1 aromatic heterocycles. The Morgan fingerprint density at radius 2 is 1.58 bits per heavy atom. The summed E-state index contributed by atoms with van der Waals surface area (Å²) in [6.07, 6.45) is 4.15. The van der Waals surface area contributed by atoms with Gasteiger partial charge in [-0.3, -0.25) is 9.59 Å². The van der Waals surface area contributed by atoms with E-state index in [1.807, 2.05) is 43.0 Å². The van der Waals surface area contributed by atoms with Crippen molar-refractivity contribution in [2.24, 2.45) is 5.73 Å². The van der Waals surface area contributed by atoms with Crippen molar-refractivity contribution in [2.45, 2.75) is 69.8 Å². The fourth-order valence-electron chi connectivity index (χ4n) is 5.60. The molecule has 2 aromatic carbocycles. The van der Waals surface area contributed by atoms with Crippen LogP contribution in [0, 0.1) is 0 Å². The number of halogens is 2. The monoisotopic (exact) mass is 597 g/mol. The van der Waals surface area contributed by atoms with Crippen LogP contribution in [0.15, 0.2) is 47.0 Å². The van der Waals surface area contributed by atoms with E-state index in [0.717, 1.165) is 23.0 Å². The first-order valence-electron chi connectivity index (χ1n) is 14.8. The number of benzene rings is 2. The molecule has 3 aliphatic rings. The van der Waals surface area contributed by atoms with Gasteiger partial charge in [-0.25, -0.2) is 8.78 Å². The minimum absolute atomic E-state index is 0.132. The Hall–Kier alpha value is -3.86. The van der Waals surface area contributed by atoms with E-state index in [9.17, 15) is 4.79 Å². The highest BCUT2D eigenvalue weighted by Crippen LogP contribution is 2.48. The van der Waals surface area contributed by atoms with Crippen LogP contribution in [0.5, 0.6) is 5.75 Å². The van der Waals surface area contributed by atoms with Crippen LogP contribution in [-0.4, -0.2) is 72.5 Å². The number of rotatable bonds is 4. The maximum atomic E-state index is 15.5. The highest BCUT2D eigenvalue weighted by molar-refractivity contribution is 5.77. The number of hydrogen-bond acceptors (Lipinski definition) is 8. The summed E-state index contributed by atoms with van der Waals surface area (Å²) < 4.78 is 42.5. The number of anilines is 1. The minimum atomic E-state index is -2.97. The lowest BCUT2D eigenvalue weighted by molar-refractivity contribution is -0.174. The van der Waals surface area contributed by atoms with Gasteiger partial charge in [-0.2, -0.15) is 4.98 Å². The molecule has 9 nitrogen and oxygen atoms in total. The van der Waals surface area contributed by atoms with E-state index < -0.39 is 11.5 Å². The Kier molecular flexibility index (Phi) is 10.5. The van der Waals surface area contributed by atoms with Crippen LogP contribution in [0.4, 0.5) is 14.8 Å². The molecule has 3 aromatic rings. The first-order chi connectivity index (χ1) is 20.6. The number of aromatic nitrogens is 2. The Morgan fingerprint density at radius 3 is 2.12 bits per heavy atom. The number of aldehydes is 1. The zero-order valence-electron chi connectivity index (χ0n) is 25.1. The lowest BCUT2D eigenvalue weighted by Crippen LogP contribution is -2.58. The van der Waals surface area contributed by atoms with Crippen LogP contribution in [0.2, 0.25) is 0 Å². The average molecular weight is 598 g/mol. The second-order valence-corrected chi connectivity index (χ2v) is 11.6. The standard InChI is InChI=1S/C26H27F2N3O3.C5H11N.CH3NO/c1-17(2)23-29-24(34-30-23)31-13-11-25(12-14-31)26(27,28)10-9-21-15-20(7-8-22(21)33-25)19-5-3-18(16-32)4-6-19;1-6-4-2-3-5-6;2-1-3/h3-8,15-17H,9-14H2,1-2H3;2-5H2,1H3;1H,(H2,2,3). The van der Waals surface area contributed by atoms with E-state index in [1.165, 1.54) is 25.9 Å². The molecule has 0 radical (unpaired) electrons. The second-order valence-electron chi connectivity index (χ2n) is 11.6. The summed E-state index contributed by atoms with van der Waals surface area (Å²) in [6.45, 7) is 7.29. The Balaban J connectivity index is 0.000000408. The molecule has 3 aliphatic heterocycles. The fraction of sp³-hybridized carbons (Fsp3) is 0.500. The van der Waals surface area contributed by atoms with Gasteiger partial charge in [-0.1, -0.05) is 49.3 Å². The molecule has 2 N–H and O–H groups in total. The summed E-state index contributed by atoms with van der Waals surface area (Å²) in [5, 5.41) is 3.99. The van der Waals surface area contributed by atoms with Gasteiger partial charge in [0, 0.05) is 43.8 Å². The average Bonchev–Trinajstić information content (AvgIpc) is 3.68. The van der Waals surface area contributed by atoms with Gasteiger partial charge >= 0.3 is 6.01 Å². The highest BCUT2D eigenvalue weighted by atomic mass is 19.3. The van der Waals surface area contributed by atoms with Crippen molar-refractivity contribution in [1.29, 1.82) is 0 Å². The first kappa shape index (κ1) is 32.1. The SMILES string of the molecule is CC(C)c1noc(N2CCC3(CC2)Oc2ccc(-c4ccc(C=O)cc4)cc2CCC3(F)F)n1.CN1CCCC1.NC=O. The summed E-state index contributed by atoms with van der Waals surface area (Å²) >= 11 is 0. The summed E-state index contributed by atoms with van der Waals surface area (Å²) in [7, 11) is 2.17. The number of fused-ring (bicyclic) bond motifs is 1. The molecule has 6 rings (SSSR count). The lowest BCUT2D eigenvalue weighted by Gasteiger charge is -2.44. The largest absolute Gasteiger partial charge is 0.481 e. The van der Waals surface area contributed by atoms with Crippen molar-refractivity contribution in [3.63, 3.8) is 0 Å². The van der Waals surface area contributed by atoms with Gasteiger partial charge < -0.3 is 24.8 Å². The third kappa shape index (κ3) is 7.57. The molecule has 0 atom stereocenters. The van der Waals surface area contributed by atoms with Crippen molar-refractivity contribution in [3.8, 4) is 16.9 Å². The van der Waals surface area contributed by atoms with Crippen LogP contribution >= 0.6 is 0 Å². The minimum Gasteiger partial charge on any atom is -0.481 e. The highest BCUT2D eigenvalue weighted by Gasteiger charge is 2.58. The predicted octanol–water partition coefficient (Wildman–Crippen LogP) is 5.49. The number of nitrogens with zero attached hydrogens (tertiary/aromatic N) is 4. The van der Waals surface area contributed by atoms with Crippen molar-refractivity contribution < 1.29 is 27.6 Å². The second kappa shape index (κ2) is 14.1. The number of alkyl halides is 2. The lowest BCUT2D eigenvalue weighted by atomic mass is 9.83. The van der Waals surface area contributed by atoms with Crippen molar-refractivity contribution >= 4 is 18.7 Å². The zero-order chi connectivity index (χ0) is 31.0. The number of aryl methyl sites for hydroxylation is 1. The summed E-state index contributed by atoms with van der Waals surface area (Å²) in [6, 6.07) is 13.2.